The van der Waals surface area contributed by atoms with Crippen LogP contribution in [0.1, 0.15) is 12.1 Å². The van der Waals surface area contributed by atoms with Crippen molar-refractivity contribution in [3.05, 3.63) is 57.3 Å². The van der Waals surface area contributed by atoms with Crippen molar-refractivity contribution in [2.24, 2.45) is 0 Å². The first kappa shape index (κ1) is 13.8. The zero-order chi connectivity index (χ0) is 14.8. The summed E-state index contributed by atoms with van der Waals surface area (Å²) in [6.07, 6.45) is 2.59. The molecular formula is C15H16N4OS. The van der Waals surface area contributed by atoms with E-state index in [0.717, 1.165) is 24.2 Å². The van der Waals surface area contributed by atoms with Crippen LogP contribution in [0.5, 0.6) is 0 Å². The molecule has 108 valence electrons. The molecule has 0 fully saturated rings. The number of rotatable bonds is 4. The number of benzene rings is 1. The third kappa shape index (κ3) is 2.67. The van der Waals surface area contributed by atoms with Gasteiger partial charge in [0.2, 0.25) is 0 Å². The fraction of sp³-hybridized carbons (Fsp3) is 0.267. The number of hydrogen-bond donors (Lipinski definition) is 1. The molecule has 0 aliphatic rings. The fourth-order valence-corrected chi connectivity index (χ4v) is 2.70. The van der Waals surface area contributed by atoms with Crippen molar-refractivity contribution in [2.45, 2.75) is 26.4 Å². The molecule has 0 atom stereocenters. The monoisotopic (exact) mass is 300 g/mol. The Balaban J connectivity index is 1.86. The van der Waals surface area contributed by atoms with Crippen LogP contribution in [0.15, 0.2) is 41.3 Å². The summed E-state index contributed by atoms with van der Waals surface area (Å²) in [5.41, 5.74) is 1.87. The van der Waals surface area contributed by atoms with Gasteiger partial charge in [0, 0.05) is 25.0 Å². The van der Waals surface area contributed by atoms with Crippen LogP contribution in [0.2, 0.25) is 0 Å². The lowest BCUT2D eigenvalue weighted by atomic mass is 10.2. The van der Waals surface area contributed by atoms with Gasteiger partial charge < -0.3 is 4.98 Å². The highest BCUT2D eigenvalue weighted by Gasteiger charge is 2.05. The van der Waals surface area contributed by atoms with Gasteiger partial charge in [-0.05, 0) is 43.8 Å². The Bertz CT molecular complexity index is 890. The zero-order valence-electron chi connectivity index (χ0n) is 11.7. The van der Waals surface area contributed by atoms with E-state index in [1.807, 2.05) is 41.9 Å². The van der Waals surface area contributed by atoms with E-state index in [0.29, 0.717) is 16.7 Å². The summed E-state index contributed by atoms with van der Waals surface area (Å²) in [4.78, 5) is 15.6. The highest BCUT2D eigenvalue weighted by molar-refractivity contribution is 7.71. The summed E-state index contributed by atoms with van der Waals surface area (Å²) in [5, 5.41) is 4.91. The van der Waals surface area contributed by atoms with Crippen molar-refractivity contribution >= 4 is 23.1 Å². The van der Waals surface area contributed by atoms with E-state index in [4.69, 9.17) is 12.2 Å². The van der Waals surface area contributed by atoms with E-state index in [-0.39, 0.29) is 5.56 Å². The van der Waals surface area contributed by atoms with Crippen LogP contribution in [0, 0.1) is 11.7 Å². The average molecular weight is 300 g/mol. The molecule has 0 spiro atoms. The normalized spacial score (nSPS) is 11.1. The molecule has 0 aliphatic heterocycles. The predicted octanol–water partition coefficient (Wildman–Crippen LogP) is 2.65. The Hall–Kier alpha value is -2.21. The summed E-state index contributed by atoms with van der Waals surface area (Å²) in [7, 11) is 0. The van der Waals surface area contributed by atoms with E-state index >= 15 is 0 Å². The molecule has 21 heavy (non-hydrogen) atoms. The highest BCUT2D eigenvalue weighted by atomic mass is 32.1. The van der Waals surface area contributed by atoms with Gasteiger partial charge in [-0.25, -0.2) is 0 Å². The molecule has 0 saturated heterocycles. The lowest BCUT2D eigenvalue weighted by molar-refractivity contribution is 0.507. The molecule has 6 heteroatoms. The molecule has 0 amide bonds. The van der Waals surface area contributed by atoms with Gasteiger partial charge in [-0.15, -0.1) is 0 Å². The summed E-state index contributed by atoms with van der Waals surface area (Å²) < 4.78 is 4.02. The van der Waals surface area contributed by atoms with Crippen LogP contribution in [0.4, 0.5) is 0 Å². The number of nitrogens with one attached hydrogen (secondary N) is 1. The second-order valence-electron chi connectivity index (χ2n) is 4.98. The standard InChI is InChI=1S/C15H16N4OS/c1-11-7-8-16-19(11)10-4-9-18-14(20)12-5-2-3-6-13(12)17-15(18)21/h2-3,5-8H,4,9-10H2,1H3,(H,17,21). The Kier molecular flexibility index (Phi) is 3.70. The second-order valence-corrected chi connectivity index (χ2v) is 5.37. The number of aromatic amines is 1. The molecule has 0 aliphatic carbocycles. The minimum absolute atomic E-state index is 0.0356. The largest absolute Gasteiger partial charge is 0.332 e. The number of para-hydroxylation sites is 1. The van der Waals surface area contributed by atoms with Crippen molar-refractivity contribution < 1.29 is 0 Å². The maximum atomic E-state index is 12.5. The number of H-pyrrole nitrogens is 1. The van der Waals surface area contributed by atoms with Crippen LogP contribution in [0.25, 0.3) is 10.9 Å². The lowest BCUT2D eigenvalue weighted by Gasteiger charge is -2.09. The van der Waals surface area contributed by atoms with Gasteiger partial charge in [0.05, 0.1) is 10.9 Å². The molecule has 0 saturated carbocycles. The SMILES string of the molecule is Cc1ccnn1CCCn1c(=S)[nH]c2ccccc2c1=O. The molecule has 0 unspecified atom stereocenters. The summed E-state index contributed by atoms with van der Waals surface area (Å²) >= 11 is 5.29. The zero-order valence-corrected chi connectivity index (χ0v) is 12.6. The molecule has 5 nitrogen and oxygen atoms in total. The van der Waals surface area contributed by atoms with E-state index in [1.54, 1.807) is 10.8 Å². The topological polar surface area (TPSA) is 55.6 Å². The van der Waals surface area contributed by atoms with Crippen molar-refractivity contribution in [1.82, 2.24) is 19.3 Å². The molecular weight excluding hydrogens is 284 g/mol. The highest BCUT2D eigenvalue weighted by Crippen LogP contribution is 2.06. The molecule has 3 aromatic rings. The molecule has 0 bridgehead atoms. The van der Waals surface area contributed by atoms with Crippen LogP contribution in [-0.2, 0) is 13.1 Å². The van der Waals surface area contributed by atoms with E-state index < -0.39 is 0 Å². The van der Waals surface area contributed by atoms with Gasteiger partial charge in [-0.3, -0.25) is 14.0 Å². The fourth-order valence-electron chi connectivity index (χ4n) is 2.41. The minimum Gasteiger partial charge on any atom is -0.332 e. The van der Waals surface area contributed by atoms with Gasteiger partial charge in [0.1, 0.15) is 0 Å². The van der Waals surface area contributed by atoms with Crippen LogP contribution in [0.3, 0.4) is 0 Å². The summed E-state index contributed by atoms with van der Waals surface area (Å²) in [6.45, 7) is 3.37. The number of aromatic nitrogens is 4. The Morgan fingerprint density at radius 2 is 2.05 bits per heavy atom. The molecule has 2 heterocycles. The van der Waals surface area contributed by atoms with E-state index in [1.165, 1.54) is 0 Å². The van der Waals surface area contributed by atoms with Gasteiger partial charge in [-0.1, -0.05) is 12.1 Å². The predicted molar refractivity (Wildman–Crippen MR) is 85.0 cm³/mol. The molecule has 0 radical (unpaired) electrons. The average Bonchev–Trinajstić information content (AvgIpc) is 2.88. The van der Waals surface area contributed by atoms with Crippen molar-refractivity contribution in [1.29, 1.82) is 0 Å². The van der Waals surface area contributed by atoms with Crippen molar-refractivity contribution in [3.8, 4) is 0 Å². The third-order valence-corrected chi connectivity index (χ3v) is 3.89. The summed E-state index contributed by atoms with van der Waals surface area (Å²) in [6, 6.07) is 9.39. The van der Waals surface area contributed by atoms with Crippen molar-refractivity contribution in [2.75, 3.05) is 0 Å². The van der Waals surface area contributed by atoms with Crippen LogP contribution in [-0.4, -0.2) is 19.3 Å². The molecule has 1 N–H and O–H groups in total. The first-order valence-electron chi connectivity index (χ1n) is 6.87. The van der Waals surface area contributed by atoms with Gasteiger partial charge in [0.15, 0.2) is 4.77 Å². The number of nitrogens with zero attached hydrogens (tertiary/aromatic N) is 3. The Morgan fingerprint density at radius 1 is 1.24 bits per heavy atom. The number of hydrogen-bond acceptors (Lipinski definition) is 3. The lowest BCUT2D eigenvalue weighted by Crippen LogP contribution is -2.23. The van der Waals surface area contributed by atoms with Crippen molar-refractivity contribution in [3.63, 3.8) is 0 Å². The van der Waals surface area contributed by atoms with Gasteiger partial charge >= 0.3 is 0 Å². The maximum Gasteiger partial charge on any atom is 0.262 e. The van der Waals surface area contributed by atoms with Gasteiger partial charge in [-0.2, -0.15) is 5.10 Å². The Morgan fingerprint density at radius 3 is 2.81 bits per heavy atom. The number of fused-ring (bicyclic) bond motifs is 1. The van der Waals surface area contributed by atoms with E-state index in [2.05, 4.69) is 10.1 Å². The summed E-state index contributed by atoms with van der Waals surface area (Å²) in [5.74, 6) is 0. The first-order valence-corrected chi connectivity index (χ1v) is 7.28. The van der Waals surface area contributed by atoms with Crippen LogP contribution >= 0.6 is 12.2 Å². The Labute approximate surface area is 126 Å². The van der Waals surface area contributed by atoms with Crippen LogP contribution < -0.4 is 5.56 Å². The molecule has 2 aromatic heterocycles. The van der Waals surface area contributed by atoms with E-state index in [9.17, 15) is 4.79 Å². The molecule has 1 aromatic carbocycles. The minimum atomic E-state index is -0.0356. The quantitative estimate of drug-likeness (QED) is 0.754. The molecule has 3 rings (SSSR count). The maximum absolute atomic E-state index is 12.5. The first-order chi connectivity index (χ1) is 10.2. The number of aryl methyl sites for hydroxylation is 2. The third-order valence-electron chi connectivity index (χ3n) is 3.57. The second kappa shape index (κ2) is 5.65. The smallest absolute Gasteiger partial charge is 0.262 e. The van der Waals surface area contributed by atoms with Gasteiger partial charge in [0.25, 0.3) is 5.56 Å².